The van der Waals surface area contributed by atoms with E-state index in [-0.39, 0.29) is 37.4 Å². The summed E-state index contributed by atoms with van der Waals surface area (Å²) in [6.07, 6.45) is 7.53. The molecule has 2 amide bonds. The number of carbonyl (C=O) groups excluding carboxylic acids is 2. The molecule has 0 spiro atoms. The summed E-state index contributed by atoms with van der Waals surface area (Å²) in [5.74, 6) is -0.907. The van der Waals surface area contributed by atoms with E-state index in [1.165, 1.54) is 19.3 Å². The number of hydrogen-bond donors (Lipinski definition) is 1. The van der Waals surface area contributed by atoms with Crippen LogP contribution >= 0.6 is 11.3 Å². The fourth-order valence-corrected chi connectivity index (χ4v) is 6.98. The number of fused-ring (bicyclic) bond motifs is 1. The molecule has 0 bridgehead atoms. The van der Waals surface area contributed by atoms with Gasteiger partial charge in [0, 0.05) is 54.1 Å². The van der Waals surface area contributed by atoms with Gasteiger partial charge in [0.25, 0.3) is 5.91 Å². The molecule has 1 aromatic carbocycles. The average molecular weight is 549 g/mol. The monoisotopic (exact) mass is 548 g/mol. The van der Waals surface area contributed by atoms with Gasteiger partial charge in [0.1, 0.15) is 0 Å². The van der Waals surface area contributed by atoms with Gasteiger partial charge in [-0.1, -0.05) is 37.5 Å². The van der Waals surface area contributed by atoms with Crippen molar-refractivity contribution < 1.29 is 19.5 Å². The summed E-state index contributed by atoms with van der Waals surface area (Å²) in [4.78, 5) is 49.2. The molecule has 1 unspecified atom stereocenters. The molecule has 3 heterocycles. The predicted octanol–water partition coefficient (Wildman–Crippen LogP) is 4.80. The molecule has 2 aliphatic rings. The number of benzene rings is 1. The van der Waals surface area contributed by atoms with Crippen LogP contribution in [0, 0.1) is 0 Å². The molecule has 1 N–H and O–H groups in total. The molecule has 206 valence electrons. The molecule has 3 aromatic rings. The van der Waals surface area contributed by atoms with Crippen molar-refractivity contribution in [2.45, 2.75) is 57.5 Å². The Bertz CT molecular complexity index is 1340. The van der Waals surface area contributed by atoms with Crippen LogP contribution in [0.3, 0.4) is 0 Å². The first-order chi connectivity index (χ1) is 18.9. The average Bonchev–Trinajstić information content (AvgIpc) is 3.43. The SMILES string of the molecule is CCN(C(=O)c1csc(C(c2cnc3ccccc3c2)N2CCN(CCC(=O)O)C(=O)C2)c1)C1CCCCC1. The third-order valence-corrected chi connectivity index (χ3v) is 8.97. The summed E-state index contributed by atoms with van der Waals surface area (Å²) in [7, 11) is 0. The van der Waals surface area contributed by atoms with Gasteiger partial charge in [0.15, 0.2) is 0 Å². The van der Waals surface area contributed by atoms with Crippen LogP contribution in [-0.2, 0) is 9.59 Å². The van der Waals surface area contributed by atoms with Crippen LogP contribution in [0.25, 0.3) is 10.9 Å². The van der Waals surface area contributed by atoms with Gasteiger partial charge in [-0.25, -0.2) is 0 Å². The number of hydrogen-bond acceptors (Lipinski definition) is 6. The van der Waals surface area contributed by atoms with Crippen LogP contribution in [0.5, 0.6) is 0 Å². The highest BCUT2D eigenvalue weighted by Gasteiger charge is 2.33. The number of piperazine rings is 1. The van der Waals surface area contributed by atoms with Crippen LogP contribution in [0.1, 0.15) is 72.3 Å². The minimum absolute atomic E-state index is 0.0604. The Labute approximate surface area is 233 Å². The van der Waals surface area contributed by atoms with E-state index in [2.05, 4.69) is 17.9 Å². The maximum Gasteiger partial charge on any atom is 0.305 e. The van der Waals surface area contributed by atoms with Crippen molar-refractivity contribution in [2.24, 2.45) is 0 Å². The first kappa shape index (κ1) is 27.3. The Morgan fingerprint density at radius 1 is 1.15 bits per heavy atom. The zero-order chi connectivity index (χ0) is 27.4. The van der Waals surface area contributed by atoms with Gasteiger partial charge >= 0.3 is 5.97 Å². The van der Waals surface area contributed by atoms with Crippen molar-refractivity contribution in [3.05, 3.63) is 64.0 Å². The summed E-state index contributed by atoms with van der Waals surface area (Å²) in [6.45, 7) is 4.22. The zero-order valence-corrected chi connectivity index (χ0v) is 23.2. The number of thiophene rings is 1. The minimum Gasteiger partial charge on any atom is -0.481 e. The molecule has 1 aliphatic heterocycles. The van der Waals surface area contributed by atoms with Gasteiger partial charge in [-0.3, -0.25) is 24.3 Å². The minimum atomic E-state index is -0.907. The number of amides is 2. The first-order valence-electron chi connectivity index (χ1n) is 13.9. The van der Waals surface area contributed by atoms with Gasteiger partial charge in [0.2, 0.25) is 5.91 Å². The zero-order valence-electron chi connectivity index (χ0n) is 22.4. The lowest BCUT2D eigenvalue weighted by Crippen LogP contribution is -2.51. The standard InChI is InChI=1S/C30H36N4O4S/c1-2-34(24-9-4-3-5-10-24)30(38)23-17-26(39-20-23)29(22-16-21-8-6-7-11-25(21)31-18-22)33-15-14-32(27(35)19-33)13-12-28(36)37/h6-8,11,16-18,20,24,29H,2-5,9-10,12-15,19H2,1H3,(H,36,37). The van der Waals surface area contributed by atoms with Crippen molar-refractivity contribution in [1.29, 1.82) is 0 Å². The number of aliphatic carboxylic acids is 1. The van der Waals surface area contributed by atoms with E-state index in [4.69, 9.17) is 10.1 Å². The number of para-hydroxylation sites is 1. The van der Waals surface area contributed by atoms with E-state index in [9.17, 15) is 14.4 Å². The maximum atomic E-state index is 13.6. The normalized spacial score (nSPS) is 17.9. The van der Waals surface area contributed by atoms with Gasteiger partial charge in [-0.15, -0.1) is 11.3 Å². The summed E-state index contributed by atoms with van der Waals surface area (Å²) in [5.41, 5.74) is 2.58. The molecule has 1 atom stereocenters. The third kappa shape index (κ3) is 6.15. The Morgan fingerprint density at radius 3 is 2.69 bits per heavy atom. The third-order valence-electron chi connectivity index (χ3n) is 7.99. The molecular formula is C30H36N4O4S. The summed E-state index contributed by atoms with van der Waals surface area (Å²) in [6, 6.07) is 12.1. The Balaban J connectivity index is 1.44. The topological polar surface area (TPSA) is 94.1 Å². The van der Waals surface area contributed by atoms with E-state index in [0.29, 0.717) is 31.2 Å². The number of carbonyl (C=O) groups is 3. The quantitative estimate of drug-likeness (QED) is 0.413. The number of pyridine rings is 1. The fraction of sp³-hybridized carbons (Fsp3) is 0.467. The smallest absolute Gasteiger partial charge is 0.305 e. The van der Waals surface area contributed by atoms with Crippen molar-refractivity contribution in [3.63, 3.8) is 0 Å². The second-order valence-corrected chi connectivity index (χ2v) is 11.4. The lowest BCUT2D eigenvalue weighted by molar-refractivity contribution is -0.140. The second-order valence-electron chi connectivity index (χ2n) is 10.5. The molecule has 2 aromatic heterocycles. The highest BCUT2D eigenvalue weighted by Crippen LogP contribution is 2.35. The molecule has 0 radical (unpaired) electrons. The predicted molar refractivity (Wildman–Crippen MR) is 152 cm³/mol. The maximum absolute atomic E-state index is 13.6. The molecule has 1 saturated heterocycles. The summed E-state index contributed by atoms with van der Waals surface area (Å²) in [5, 5.41) is 12.0. The Morgan fingerprint density at radius 2 is 1.95 bits per heavy atom. The van der Waals surface area contributed by atoms with Gasteiger partial charge < -0.3 is 14.9 Å². The largest absolute Gasteiger partial charge is 0.481 e. The second kappa shape index (κ2) is 12.3. The molecule has 8 nitrogen and oxygen atoms in total. The lowest BCUT2D eigenvalue weighted by Gasteiger charge is -2.38. The fourth-order valence-electron chi connectivity index (χ4n) is 5.94. The van der Waals surface area contributed by atoms with Crippen molar-refractivity contribution in [3.8, 4) is 0 Å². The van der Waals surface area contributed by atoms with E-state index in [1.807, 2.05) is 46.8 Å². The van der Waals surface area contributed by atoms with E-state index in [0.717, 1.165) is 34.2 Å². The van der Waals surface area contributed by atoms with Gasteiger partial charge in [-0.05, 0) is 43.5 Å². The Hall–Kier alpha value is -3.30. The molecule has 1 aliphatic carbocycles. The number of nitrogens with zero attached hydrogens (tertiary/aromatic N) is 4. The summed E-state index contributed by atoms with van der Waals surface area (Å²) >= 11 is 1.55. The lowest BCUT2D eigenvalue weighted by atomic mass is 9.94. The van der Waals surface area contributed by atoms with Crippen molar-refractivity contribution in [2.75, 3.05) is 32.7 Å². The molecule has 1 saturated carbocycles. The van der Waals surface area contributed by atoms with Crippen LogP contribution in [0.2, 0.25) is 0 Å². The Kier molecular flexibility index (Phi) is 8.57. The first-order valence-corrected chi connectivity index (χ1v) is 14.8. The molecule has 9 heteroatoms. The number of carboxylic acid groups (broad SMARTS) is 1. The van der Waals surface area contributed by atoms with Crippen LogP contribution in [-0.4, -0.2) is 81.3 Å². The van der Waals surface area contributed by atoms with E-state index < -0.39 is 5.97 Å². The highest BCUT2D eigenvalue weighted by atomic mass is 32.1. The van der Waals surface area contributed by atoms with Gasteiger partial charge in [-0.2, -0.15) is 0 Å². The van der Waals surface area contributed by atoms with Crippen LogP contribution < -0.4 is 0 Å². The molecule has 5 rings (SSSR count). The van der Waals surface area contributed by atoms with E-state index >= 15 is 0 Å². The van der Waals surface area contributed by atoms with Gasteiger partial charge in [0.05, 0.1) is 30.1 Å². The number of carboxylic acids is 1. The molecule has 2 fully saturated rings. The summed E-state index contributed by atoms with van der Waals surface area (Å²) < 4.78 is 0. The van der Waals surface area contributed by atoms with Crippen molar-refractivity contribution in [1.82, 2.24) is 19.7 Å². The van der Waals surface area contributed by atoms with Crippen molar-refractivity contribution >= 4 is 40.0 Å². The molecule has 39 heavy (non-hydrogen) atoms. The van der Waals surface area contributed by atoms with Crippen LogP contribution in [0.4, 0.5) is 0 Å². The molecular weight excluding hydrogens is 512 g/mol. The van der Waals surface area contributed by atoms with Crippen LogP contribution in [0.15, 0.2) is 48.0 Å². The highest BCUT2D eigenvalue weighted by molar-refractivity contribution is 7.10. The number of aromatic nitrogens is 1. The number of rotatable bonds is 9. The van der Waals surface area contributed by atoms with E-state index in [1.54, 1.807) is 16.2 Å².